The lowest BCUT2D eigenvalue weighted by atomic mass is 9.78. The molecule has 0 aromatic rings. The van der Waals surface area contributed by atoms with E-state index in [9.17, 15) is 0 Å². The van der Waals surface area contributed by atoms with Gasteiger partial charge in [-0.2, -0.15) is 0 Å². The zero-order chi connectivity index (χ0) is 14.4. The molecular weight excluding hydrogens is 248 g/mol. The van der Waals surface area contributed by atoms with Gasteiger partial charge in [0.1, 0.15) is 0 Å². The van der Waals surface area contributed by atoms with Gasteiger partial charge in [-0.25, -0.2) is 0 Å². The van der Waals surface area contributed by atoms with Crippen molar-refractivity contribution in [3.63, 3.8) is 0 Å². The van der Waals surface area contributed by atoms with E-state index in [1.54, 1.807) is 0 Å². The Morgan fingerprint density at radius 2 is 1.95 bits per heavy atom. The van der Waals surface area contributed by atoms with E-state index in [4.69, 9.17) is 10.5 Å². The molecule has 2 aliphatic rings. The molecule has 3 heteroatoms. The molecule has 1 saturated carbocycles. The monoisotopic (exact) mass is 282 g/mol. The van der Waals surface area contributed by atoms with Crippen molar-refractivity contribution in [1.82, 2.24) is 4.90 Å². The molecule has 118 valence electrons. The molecule has 2 unspecified atom stereocenters. The molecular formula is C17H34N2O. The fourth-order valence-electron chi connectivity index (χ4n) is 4.00. The molecule has 1 saturated heterocycles. The van der Waals surface area contributed by atoms with Gasteiger partial charge in [0.2, 0.25) is 0 Å². The maximum atomic E-state index is 6.13. The summed E-state index contributed by atoms with van der Waals surface area (Å²) in [5.74, 6) is 1.74. The quantitative estimate of drug-likeness (QED) is 0.814. The predicted octanol–water partition coefficient (Wildman–Crippen LogP) is 3.03. The summed E-state index contributed by atoms with van der Waals surface area (Å²) in [4.78, 5) is 2.64. The lowest BCUT2D eigenvalue weighted by Crippen LogP contribution is -2.52. The maximum Gasteiger partial charge on any atom is 0.0702 e. The second-order valence-electron chi connectivity index (χ2n) is 6.95. The van der Waals surface area contributed by atoms with Gasteiger partial charge in [-0.05, 0) is 50.5 Å². The number of likely N-dealkylation sites (tertiary alicyclic amines) is 1. The molecule has 1 aliphatic carbocycles. The molecule has 0 bridgehead atoms. The fourth-order valence-corrected chi connectivity index (χ4v) is 4.00. The first-order chi connectivity index (χ1) is 9.74. The highest BCUT2D eigenvalue weighted by atomic mass is 16.5. The van der Waals surface area contributed by atoms with Crippen LogP contribution in [0.25, 0.3) is 0 Å². The van der Waals surface area contributed by atoms with Crippen molar-refractivity contribution in [2.45, 2.75) is 70.9 Å². The van der Waals surface area contributed by atoms with Gasteiger partial charge in [0, 0.05) is 25.7 Å². The van der Waals surface area contributed by atoms with Gasteiger partial charge in [0.15, 0.2) is 0 Å². The Morgan fingerprint density at radius 3 is 2.60 bits per heavy atom. The van der Waals surface area contributed by atoms with Crippen LogP contribution in [0, 0.1) is 11.8 Å². The van der Waals surface area contributed by atoms with Crippen LogP contribution in [0.2, 0.25) is 0 Å². The highest BCUT2D eigenvalue weighted by Gasteiger charge is 2.32. The van der Waals surface area contributed by atoms with Crippen molar-refractivity contribution in [2.24, 2.45) is 17.6 Å². The third-order valence-electron chi connectivity index (χ3n) is 5.28. The summed E-state index contributed by atoms with van der Waals surface area (Å²) in [6, 6.07) is 0.593. The number of hydrogen-bond acceptors (Lipinski definition) is 3. The number of piperidine rings is 1. The molecule has 20 heavy (non-hydrogen) atoms. The van der Waals surface area contributed by atoms with Gasteiger partial charge < -0.3 is 10.5 Å². The van der Waals surface area contributed by atoms with E-state index in [0.717, 1.165) is 38.0 Å². The van der Waals surface area contributed by atoms with Crippen molar-refractivity contribution < 1.29 is 4.74 Å². The van der Waals surface area contributed by atoms with Crippen molar-refractivity contribution in [1.29, 1.82) is 0 Å². The highest BCUT2D eigenvalue weighted by Crippen LogP contribution is 2.33. The smallest absolute Gasteiger partial charge is 0.0702 e. The second kappa shape index (κ2) is 8.35. The third-order valence-corrected chi connectivity index (χ3v) is 5.28. The largest absolute Gasteiger partial charge is 0.377 e. The number of nitrogens with zero attached hydrogens (tertiary/aromatic N) is 1. The number of hydrogen-bond donors (Lipinski definition) is 1. The summed E-state index contributed by atoms with van der Waals surface area (Å²) in [5.41, 5.74) is 6.13. The van der Waals surface area contributed by atoms with Crippen LogP contribution in [0.1, 0.15) is 58.8 Å². The summed E-state index contributed by atoms with van der Waals surface area (Å²) in [5, 5.41) is 0. The number of nitrogens with two attached hydrogens (primary N) is 1. The van der Waals surface area contributed by atoms with Crippen molar-refractivity contribution in [3.05, 3.63) is 0 Å². The Hall–Kier alpha value is -0.120. The molecule has 0 radical (unpaired) electrons. The first kappa shape index (κ1) is 16.3. The maximum absolute atomic E-state index is 6.13. The summed E-state index contributed by atoms with van der Waals surface area (Å²) >= 11 is 0. The molecule has 0 spiro atoms. The third kappa shape index (κ3) is 4.44. The van der Waals surface area contributed by atoms with E-state index in [1.807, 2.05) is 0 Å². The van der Waals surface area contributed by atoms with Gasteiger partial charge in [-0.3, -0.25) is 4.90 Å². The fraction of sp³-hybridized carbons (Fsp3) is 1.00. The normalized spacial score (nSPS) is 34.0. The van der Waals surface area contributed by atoms with E-state index in [-0.39, 0.29) is 0 Å². The van der Waals surface area contributed by atoms with Crippen LogP contribution in [0.3, 0.4) is 0 Å². The minimum absolute atomic E-state index is 0.445. The van der Waals surface area contributed by atoms with Crippen LogP contribution in [-0.2, 0) is 4.74 Å². The van der Waals surface area contributed by atoms with E-state index in [1.165, 1.54) is 45.1 Å². The van der Waals surface area contributed by atoms with Gasteiger partial charge in [0.25, 0.3) is 0 Å². The summed E-state index contributed by atoms with van der Waals surface area (Å²) < 4.78 is 5.98. The number of ether oxygens (including phenoxy) is 1. The van der Waals surface area contributed by atoms with E-state index in [2.05, 4.69) is 18.7 Å². The average molecular weight is 282 g/mol. The van der Waals surface area contributed by atoms with Gasteiger partial charge in [0.05, 0.1) is 6.10 Å². The van der Waals surface area contributed by atoms with E-state index < -0.39 is 0 Å². The lowest BCUT2D eigenvalue weighted by molar-refractivity contribution is -0.0231. The molecule has 0 aromatic heterocycles. The Balaban J connectivity index is 1.86. The van der Waals surface area contributed by atoms with Crippen LogP contribution in [0.5, 0.6) is 0 Å². The van der Waals surface area contributed by atoms with E-state index in [0.29, 0.717) is 12.1 Å². The molecule has 2 fully saturated rings. The van der Waals surface area contributed by atoms with Gasteiger partial charge in [-0.15, -0.1) is 0 Å². The average Bonchev–Trinajstić information content (AvgIpc) is 2.48. The minimum atomic E-state index is 0.445. The van der Waals surface area contributed by atoms with Crippen molar-refractivity contribution in [3.8, 4) is 0 Å². The molecule has 1 aliphatic heterocycles. The Kier molecular flexibility index (Phi) is 6.79. The second-order valence-corrected chi connectivity index (χ2v) is 6.95. The van der Waals surface area contributed by atoms with Crippen LogP contribution >= 0.6 is 0 Å². The summed E-state index contributed by atoms with van der Waals surface area (Å²) in [7, 11) is 0. The molecule has 0 aromatic carbocycles. The van der Waals surface area contributed by atoms with Gasteiger partial charge >= 0.3 is 0 Å². The summed E-state index contributed by atoms with van der Waals surface area (Å²) in [6.07, 6.45) is 9.61. The topological polar surface area (TPSA) is 38.5 Å². The van der Waals surface area contributed by atoms with Crippen LogP contribution in [0.15, 0.2) is 0 Å². The molecule has 0 amide bonds. The SMILES string of the molecule is CCCOC1CCCN(C(CN)C2CCC(C)CC2)C1. The molecule has 2 rings (SSSR count). The van der Waals surface area contributed by atoms with Crippen molar-refractivity contribution >= 4 is 0 Å². The molecule has 2 N–H and O–H groups in total. The van der Waals surface area contributed by atoms with Crippen LogP contribution < -0.4 is 5.73 Å². The first-order valence-electron chi connectivity index (χ1n) is 8.80. The zero-order valence-electron chi connectivity index (χ0n) is 13.5. The molecule has 1 heterocycles. The van der Waals surface area contributed by atoms with Crippen molar-refractivity contribution in [2.75, 3.05) is 26.2 Å². The molecule has 3 nitrogen and oxygen atoms in total. The predicted molar refractivity (Wildman–Crippen MR) is 84.8 cm³/mol. The summed E-state index contributed by atoms with van der Waals surface area (Å²) in [6.45, 7) is 8.63. The standard InChI is InChI=1S/C17H34N2O/c1-3-11-20-16-5-4-10-19(13-16)17(12-18)15-8-6-14(2)7-9-15/h14-17H,3-13,18H2,1-2H3. The molecule has 2 atom stereocenters. The highest BCUT2D eigenvalue weighted by molar-refractivity contribution is 4.87. The number of rotatable bonds is 6. The Bertz CT molecular complexity index is 264. The van der Waals surface area contributed by atoms with Gasteiger partial charge in [-0.1, -0.05) is 26.7 Å². The first-order valence-corrected chi connectivity index (χ1v) is 8.80. The van der Waals surface area contributed by atoms with E-state index >= 15 is 0 Å². The minimum Gasteiger partial charge on any atom is -0.377 e. The Morgan fingerprint density at radius 1 is 1.20 bits per heavy atom. The zero-order valence-corrected chi connectivity index (χ0v) is 13.5. The lowest BCUT2D eigenvalue weighted by Gasteiger charge is -2.43. The van der Waals surface area contributed by atoms with Crippen LogP contribution in [-0.4, -0.2) is 43.3 Å². The Labute approximate surface area is 125 Å². The van der Waals surface area contributed by atoms with Crippen LogP contribution in [0.4, 0.5) is 0 Å².